The Bertz CT molecular complexity index is 153. The van der Waals surface area contributed by atoms with E-state index in [1.165, 1.54) is 0 Å². The van der Waals surface area contributed by atoms with E-state index in [4.69, 9.17) is 5.73 Å². The topological polar surface area (TPSA) is 26.0 Å². The van der Waals surface area contributed by atoms with Gasteiger partial charge in [-0.15, -0.1) is 0 Å². The van der Waals surface area contributed by atoms with Crippen molar-refractivity contribution in [2.45, 2.75) is 25.7 Å². The summed E-state index contributed by atoms with van der Waals surface area (Å²) >= 11 is 1.70. The predicted octanol–water partition coefficient (Wildman–Crippen LogP) is 2.11. The molecular formula is C8H15F2NS. The third-order valence-corrected chi connectivity index (χ3v) is 3.54. The fourth-order valence-corrected chi connectivity index (χ4v) is 2.63. The van der Waals surface area contributed by atoms with Crippen molar-refractivity contribution >= 4 is 11.8 Å². The molecule has 0 aromatic rings. The molecular weight excluding hydrogens is 180 g/mol. The minimum Gasteiger partial charge on any atom is -0.330 e. The highest BCUT2D eigenvalue weighted by molar-refractivity contribution is 7.99. The second kappa shape index (κ2) is 3.50. The molecule has 0 aromatic carbocycles. The van der Waals surface area contributed by atoms with Gasteiger partial charge in [0, 0.05) is 24.0 Å². The van der Waals surface area contributed by atoms with Crippen LogP contribution >= 0.6 is 11.8 Å². The smallest absolute Gasteiger partial charge is 0.249 e. The molecule has 12 heavy (non-hydrogen) atoms. The maximum absolute atomic E-state index is 12.6. The molecule has 1 aliphatic rings. The zero-order valence-corrected chi connectivity index (χ0v) is 8.09. The SMILES string of the molecule is CCSCC1(CN)CC(F)(F)C1. The molecule has 0 aromatic heterocycles. The van der Waals surface area contributed by atoms with E-state index >= 15 is 0 Å². The van der Waals surface area contributed by atoms with Crippen molar-refractivity contribution in [3.05, 3.63) is 0 Å². The third kappa shape index (κ3) is 2.10. The second-order valence-electron chi connectivity index (χ2n) is 3.55. The van der Waals surface area contributed by atoms with Gasteiger partial charge in [0.05, 0.1) is 0 Å². The first-order chi connectivity index (χ1) is 5.54. The molecule has 1 rings (SSSR count). The van der Waals surface area contributed by atoms with E-state index < -0.39 is 5.92 Å². The first-order valence-corrected chi connectivity index (χ1v) is 5.35. The van der Waals surface area contributed by atoms with Gasteiger partial charge >= 0.3 is 0 Å². The monoisotopic (exact) mass is 195 g/mol. The maximum atomic E-state index is 12.6. The average molecular weight is 195 g/mol. The van der Waals surface area contributed by atoms with Crippen molar-refractivity contribution in [2.24, 2.45) is 11.1 Å². The standard InChI is InChI=1S/C8H15F2NS/c1-2-12-6-7(5-11)3-8(9,10)4-7/h2-6,11H2,1H3. The number of halogens is 2. The van der Waals surface area contributed by atoms with Crippen molar-refractivity contribution in [3.8, 4) is 0 Å². The Labute approximate surface area is 76.1 Å². The molecule has 0 heterocycles. The molecule has 0 aliphatic heterocycles. The fourth-order valence-electron chi connectivity index (χ4n) is 1.67. The summed E-state index contributed by atoms with van der Waals surface area (Å²) in [4.78, 5) is 0. The number of hydrogen-bond acceptors (Lipinski definition) is 2. The number of alkyl halides is 2. The highest BCUT2D eigenvalue weighted by Gasteiger charge is 2.55. The molecule has 1 fully saturated rings. The Morgan fingerprint density at radius 1 is 1.42 bits per heavy atom. The van der Waals surface area contributed by atoms with Crippen molar-refractivity contribution in [1.29, 1.82) is 0 Å². The zero-order valence-electron chi connectivity index (χ0n) is 7.28. The molecule has 1 saturated carbocycles. The highest BCUT2D eigenvalue weighted by Crippen LogP contribution is 2.52. The zero-order chi connectivity index (χ0) is 9.24. The Kier molecular flexibility index (Phi) is 2.99. The molecule has 0 bridgehead atoms. The first kappa shape index (κ1) is 10.3. The Hall–Kier alpha value is 0.170. The summed E-state index contributed by atoms with van der Waals surface area (Å²) in [6, 6.07) is 0. The molecule has 1 aliphatic carbocycles. The van der Waals surface area contributed by atoms with Gasteiger partial charge < -0.3 is 5.73 Å². The summed E-state index contributed by atoms with van der Waals surface area (Å²) in [6.07, 6.45) is -0.0208. The molecule has 0 atom stereocenters. The number of hydrogen-bond donors (Lipinski definition) is 1. The van der Waals surface area contributed by atoms with Gasteiger partial charge in [-0.2, -0.15) is 11.8 Å². The van der Waals surface area contributed by atoms with Gasteiger partial charge in [-0.3, -0.25) is 0 Å². The van der Waals surface area contributed by atoms with Gasteiger partial charge in [-0.25, -0.2) is 8.78 Å². The van der Waals surface area contributed by atoms with Crippen LogP contribution in [0, 0.1) is 5.41 Å². The van der Waals surface area contributed by atoms with Crippen LogP contribution in [0.5, 0.6) is 0 Å². The average Bonchev–Trinajstić information content (AvgIpc) is 1.96. The quantitative estimate of drug-likeness (QED) is 0.743. The molecule has 72 valence electrons. The Morgan fingerprint density at radius 3 is 2.33 bits per heavy atom. The van der Waals surface area contributed by atoms with Crippen LogP contribution in [0.1, 0.15) is 19.8 Å². The van der Waals surface area contributed by atoms with E-state index in [0.717, 1.165) is 11.5 Å². The number of rotatable bonds is 4. The van der Waals surface area contributed by atoms with Crippen molar-refractivity contribution < 1.29 is 8.78 Å². The second-order valence-corrected chi connectivity index (χ2v) is 4.83. The van der Waals surface area contributed by atoms with Crippen LogP contribution < -0.4 is 5.73 Å². The molecule has 0 unspecified atom stereocenters. The summed E-state index contributed by atoms with van der Waals surface area (Å²) in [5.41, 5.74) is 5.22. The molecule has 0 radical (unpaired) electrons. The van der Waals surface area contributed by atoms with Crippen molar-refractivity contribution in [3.63, 3.8) is 0 Å². The minimum absolute atomic E-state index is 0.0104. The lowest BCUT2D eigenvalue weighted by Crippen LogP contribution is -2.52. The van der Waals surface area contributed by atoms with E-state index in [9.17, 15) is 8.78 Å². The normalized spacial score (nSPS) is 25.0. The van der Waals surface area contributed by atoms with Crippen LogP contribution in [0.3, 0.4) is 0 Å². The lowest BCUT2D eigenvalue weighted by Gasteiger charge is -2.46. The summed E-state index contributed by atoms with van der Waals surface area (Å²) in [6.45, 7) is 2.43. The molecule has 2 N–H and O–H groups in total. The van der Waals surface area contributed by atoms with Crippen molar-refractivity contribution in [2.75, 3.05) is 18.1 Å². The van der Waals surface area contributed by atoms with Crippen LogP contribution in [-0.4, -0.2) is 24.0 Å². The first-order valence-electron chi connectivity index (χ1n) is 4.19. The van der Waals surface area contributed by atoms with E-state index in [0.29, 0.717) is 6.54 Å². The molecule has 1 nitrogen and oxygen atoms in total. The Morgan fingerprint density at radius 2 is 2.00 bits per heavy atom. The summed E-state index contributed by atoms with van der Waals surface area (Å²) < 4.78 is 25.2. The van der Waals surface area contributed by atoms with Gasteiger partial charge in [0.15, 0.2) is 0 Å². The minimum atomic E-state index is -2.44. The van der Waals surface area contributed by atoms with E-state index in [-0.39, 0.29) is 18.3 Å². The fraction of sp³-hybridized carbons (Fsp3) is 1.00. The number of thioether (sulfide) groups is 1. The van der Waals surface area contributed by atoms with Crippen LogP contribution in [0.25, 0.3) is 0 Å². The van der Waals surface area contributed by atoms with Gasteiger partial charge in [0.25, 0.3) is 0 Å². The number of nitrogens with two attached hydrogens (primary N) is 1. The summed E-state index contributed by atoms with van der Waals surface area (Å²) in [5.74, 6) is -0.670. The lowest BCUT2D eigenvalue weighted by molar-refractivity contribution is -0.147. The Balaban J connectivity index is 2.36. The van der Waals surface area contributed by atoms with Crippen LogP contribution in [0.4, 0.5) is 8.78 Å². The van der Waals surface area contributed by atoms with Gasteiger partial charge in [0.2, 0.25) is 5.92 Å². The van der Waals surface area contributed by atoms with E-state index in [1.54, 1.807) is 11.8 Å². The molecule has 0 amide bonds. The van der Waals surface area contributed by atoms with Crippen LogP contribution in [-0.2, 0) is 0 Å². The van der Waals surface area contributed by atoms with Crippen LogP contribution in [0.15, 0.2) is 0 Å². The van der Waals surface area contributed by atoms with E-state index in [2.05, 4.69) is 0 Å². The molecule has 4 heteroatoms. The maximum Gasteiger partial charge on any atom is 0.249 e. The molecule has 0 saturated heterocycles. The van der Waals surface area contributed by atoms with Crippen molar-refractivity contribution in [1.82, 2.24) is 0 Å². The van der Waals surface area contributed by atoms with Gasteiger partial charge in [-0.05, 0) is 12.3 Å². The predicted molar refractivity (Wildman–Crippen MR) is 48.7 cm³/mol. The van der Waals surface area contributed by atoms with E-state index in [1.807, 2.05) is 6.92 Å². The largest absolute Gasteiger partial charge is 0.330 e. The third-order valence-electron chi connectivity index (χ3n) is 2.31. The van der Waals surface area contributed by atoms with Crippen LogP contribution in [0.2, 0.25) is 0 Å². The highest BCUT2D eigenvalue weighted by atomic mass is 32.2. The summed E-state index contributed by atoms with van der Waals surface area (Å²) in [7, 11) is 0. The van der Waals surface area contributed by atoms with Gasteiger partial charge in [0.1, 0.15) is 0 Å². The molecule has 0 spiro atoms. The summed E-state index contributed by atoms with van der Waals surface area (Å²) in [5, 5.41) is 0. The van der Waals surface area contributed by atoms with Gasteiger partial charge in [-0.1, -0.05) is 6.92 Å². The lowest BCUT2D eigenvalue weighted by atomic mass is 9.67.